The van der Waals surface area contributed by atoms with Crippen LogP contribution in [0.1, 0.15) is 0 Å². The monoisotopic (exact) mass is 246 g/mol. The van der Waals surface area contributed by atoms with Gasteiger partial charge in [-0.15, -0.1) is 11.6 Å². The number of carbonyl (C=O) groups excluding carboxylic acids is 2. The number of rotatable bonds is 4. The van der Waals surface area contributed by atoms with Gasteiger partial charge in [0, 0.05) is 7.05 Å². The Morgan fingerprint density at radius 1 is 1.40 bits per heavy atom. The van der Waals surface area contributed by atoms with Gasteiger partial charge in [0.2, 0.25) is 11.8 Å². The van der Waals surface area contributed by atoms with Crippen LogP contribution in [0.25, 0.3) is 0 Å². The highest BCUT2D eigenvalue weighted by Gasteiger charge is 2.27. The maximum absolute atomic E-state index is 11.7. The quantitative estimate of drug-likeness (QED) is 0.729. The maximum Gasteiger partial charge on any atom is 0.405 e. The minimum Gasteiger partial charge on any atom is -0.345 e. The van der Waals surface area contributed by atoms with Crippen molar-refractivity contribution in [3.05, 3.63) is 0 Å². The lowest BCUT2D eigenvalue weighted by Crippen LogP contribution is -2.42. The van der Waals surface area contributed by atoms with Crippen LogP contribution in [0.3, 0.4) is 0 Å². The molecule has 88 valence electrons. The Balaban J connectivity index is 3.89. The van der Waals surface area contributed by atoms with Gasteiger partial charge < -0.3 is 10.2 Å². The molecule has 0 aromatic heterocycles. The first-order valence-electron chi connectivity index (χ1n) is 3.89. The second-order valence-corrected chi connectivity index (χ2v) is 3.04. The molecule has 0 atom stereocenters. The van der Waals surface area contributed by atoms with Crippen LogP contribution in [-0.2, 0) is 9.59 Å². The maximum atomic E-state index is 11.7. The Morgan fingerprint density at radius 2 is 1.93 bits per heavy atom. The number of nitrogens with zero attached hydrogens (tertiary/aromatic N) is 1. The fraction of sp³-hybridized carbons (Fsp3) is 0.714. The van der Waals surface area contributed by atoms with Gasteiger partial charge in [-0.05, 0) is 0 Å². The van der Waals surface area contributed by atoms with Crippen LogP contribution in [0.4, 0.5) is 13.2 Å². The minimum absolute atomic E-state index is 0.316. The molecular formula is C7H10ClF3N2O2. The van der Waals surface area contributed by atoms with E-state index in [1.807, 2.05) is 0 Å². The van der Waals surface area contributed by atoms with Crippen molar-refractivity contribution in [2.24, 2.45) is 0 Å². The third kappa shape index (κ3) is 7.01. The van der Waals surface area contributed by atoms with Crippen LogP contribution in [0.2, 0.25) is 0 Å². The van der Waals surface area contributed by atoms with Gasteiger partial charge in [-0.1, -0.05) is 0 Å². The smallest absolute Gasteiger partial charge is 0.345 e. The van der Waals surface area contributed by atoms with Crippen LogP contribution in [0.15, 0.2) is 0 Å². The average molecular weight is 247 g/mol. The summed E-state index contributed by atoms with van der Waals surface area (Å²) in [6.45, 7) is -1.85. The Kier molecular flexibility index (Phi) is 5.41. The lowest BCUT2D eigenvalue weighted by molar-refractivity contribution is -0.141. The van der Waals surface area contributed by atoms with E-state index < -0.39 is 31.1 Å². The highest BCUT2D eigenvalue weighted by molar-refractivity contribution is 6.27. The molecule has 2 amide bonds. The number of hydrogen-bond acceptors (Lipinski definition) is 2. The largest absolute Gasteiger partial charge is 0.405 e. The minimum atomic E-state index is -4.45. The van der Waals surface area contributed by atoms with Crippen molar-refractivity contribution in [1.82, 2.24) is 10.2 Å². The molecule has 0 saturated carbocycles. The summed E-state index contributed by atoms with van der Waals surface area (Å²) in [5.41, 5.74) is 0. The van der Waals surface area contributed by atoms with Crippen molar-refractivity contribution >= 4 is 23.4 Å². The van der Waals surface area contributed by atoms with Gasteiger partial charge in [0.1, 0.15) is 12.4 Å². The van der Waals surface area contributed by atoms with Crippen molar-refractivity contribution < 1.29 is 22.8 Å². The number of halogens is 4. The molecule has 0 radical (unpaired) electrons. The molecule has 8 heteroatoms. The van der Waals surface area contributed by atoms with Gasteiger partial charge in [-0.25, -0.2) is 0 Å². The summed E-state index contributed by atoms with van der Waals surface area (Å²) in [7, 11) is 1.28. The summed E-state index contributed by atoms with van der Waals surface area (Å²) in [5, 5.41) is 1.63. The zero-order chi connectivity index (χ0) is 12.1. The van der Waals surface area contributed by atoms with Crippen molar-refractivity contribution in [1.29, 1.82) is 0 Å². The molecule has 4 nitrogen and oxygen atoms in total. The second kappa shape index (κ2) is 5.79. The molecule has 0 unspecified atom stereocenters. The van der Waals surface area contributed by atoms with Crippen LogP contribution in [0.5, 0.6) is 0 Å². The molecule has 15 heavy (non-hydrogen) atoms. The van der Waals surface area contributed by atoms with Crippen molar-refractivity contribution in [2.45, 2.75) is 6.18 Å². The van der Waals surface area contributed by atoms with E-state index in [0.29, 0.717) is 0 Å². The molecule has 0 saturated heterocycles. The molecular weight excluding hydrogens is 237 g/mol. The Bertz CT molecular complexity index is 245. The zero-order valence-corrected chi connectivity index (χ0v) is 8.65. The molecule has 0 fully saturated rings. The van der Waals surface area contributed by atoms with E-state index in [2.05, 4.69) is 0 Å². The summed E-state index contributed by atoms with van der Waals surface area (Å²) in [4.78, 5) is 22.7. The Morgan fingerprint density at radius 3 is 2.33 bits per heavy atom. The predicted octanol–water partition coefficient (Wildman–Crippen LogP) is 0.362. The second-order valence-electron chi connectivity index (χ2n) is 2.78. The van der Waals surface area contributed by atoms with Gasteiger partial charge in [-0.3, -0.25) is 9.59 Å². The lowest BCUT2D eigenvalue weighted by atomic mass is 10.4. The first-order valence-corrected chi connectivity index (χ1v) is 4.43. The predicted molar refractivity (Wildman–Crippen MR) is 47.4 cm³/mol. The summed E-state index contributed by atoms with van der Waals surface area (Å²) in [6, 6.07) is 0. The fourth-order valence-electron chi connectivity index (χ4n) is 0.660. The van der Waals surface area contributed by atoms with E-state index in [0.717, 1.165) is 4.90 Å². The molecule has 0 bridgehead atoms. The highest BCUT2D eigenvalue weighted by atomic mass is 35.5. The normalized spacial score (nSPS) is 11.0. The standard InChI is InChI=1S/C7H10ClF3N2O2/c1-13(6(15)2-8)3-5(14)12-4-7(9,10)11/h2-4H2,1H3,(H,12,14). The molecule has 0 aliphatic carbocycles. The molecule has 0 spiro atoms. The number of alkyl halides is 4. The van der Waals surface area contributed by atoms with E-state index in [9.17, 15) is 22.8 Å². The van der Waals surface area contributed by atoms with Crippen LogP contribution >= 0.6 is 11.6 Å². The van der Waals surface area contributed by atoms with E-state index in [-0.39, 0.29) is 5.88 Å². The molecule has 0 aromatic carbocycles. The first-order chi connectivity index (χ1) is 6.76. The van der Waals surface area contributed by atoms with Crippen LogP contribution in [-0.4, -0.2) is 48.9 Å². The number of likely N-dealkylation sites (N-methyl/N-ethyl adjacent to an activating group) is 1. The topological polar surface area (TPSA) is 49.4 Å². The van der Waals surface area contributed by atoms with Crippen molar-refractivity contribution in [3.63, 3.8) is 0 Å². The number of hydrogen-bond donors (Lipinski definition) is 1. The number of nitrogens with one attached hydrogen (secondary N) is 1. The number of carbonyl (C=O) groups is 2. The van der Waals surface area contributed by atoms with E-state index in [4.69, 9.17) is 11.6 Å². The summed E-state index contributed by atoms with van der Waals surface area (Å²) in [6.07, 6.45) is -4.45. The van der Waals surface area contributed by atoms with Gasteiger partial charge >= 0.3 is 6.18 Å². The van der Waals surface area contributed by atoms with Crippen LogP contribution in [0, 0.1) is 0 Å². The van der Waals surface area contributed by atoms with Crippen LogP contribution < -0.4 is 5.32 Å². The van der Waals surface area contributed by atoms with Gasteiger partial charge in [-0.2, -0.15) is 13.2 Å². The lowest BCUT2D eigenvalue weighted by Gasteiger charge is -2.15. The van der Waals surface area contributed by atoms with Crippen molar-refractivity contribution in [3.8, 4) is 0 Å². The molecule has 0 aliphatic rings. The molecule has 0 rings (SSSR count). The van der Waals surface area contributed by atoms with E-state index in [1.165, 1.54) is 7.05 Å². The third-order valence-corrected chi connectivity index (χ3v) is 1.64. The fourth-order valence-corrected chi connectivity index (χ4v) is 0.864. The summed E-state index contributed by atoms with van der Waals surface area (Å²) < 4.78 is 35.0. The van der Waals surface area contributed by atoms with Gasteiger partial charge in [0.05, 0.1) is 6.54 Å². The van der Waals surface area contributed by atoms with E-state index >= 15 is 0 Å². The molecule has 0 aliphatic heterocycles. The number of amides is 2. The first kappa shape index (κ1) is 14.0. The Hall–Kier alpha value is -0.980. The summed E-state index contributed by atoms with van der Waals surface area (Å²) >= 11 is 5.18. The van der Waals surface area contributed by atoms with E-state index in [1.54, 1.807) is 5.32 Å². The van der Waals surface area contributed by atoms with Crippen molar-refractivity contribution in [2.75, 3.05) is 26.0 Å². The average Bonchev–Trinajstić information content (AvgIpc) is 2.12. The molecule has 0 heterocycles. The molecule has 1 N–H and O–H groups in total. The zero-order valence-electron chi connectivity index (χ0n) is 7.90. The molecule has 0 aromatic rings. The van der Waals surface area contributed by atoms with Gasteiger partial charge in [0.25, 0.3) is 0 Å². The highest BCUT2D eigenvalue weighted by Crippen LogP contribution is 2.11. The van der Waals surface area contributed by atoms with Gasteiger partial charge in [0.15, 0.2) is 0 Å². The Labute approximate surface area is 89.4 Å². The third-order valence-electron chi connectivity index (χ3n) is 1.41. The summed E-state index contributed by atoms with van der Waals surface area (Å²) in [5.74, 6) is -1.73. The SMILES string of the molecule is CN(CC(=O)NCC(F)(F)F)C(=O)CCl.